The molecule has 1 heterocycles. The van der Waals surface area contributed by atoms with E-state index in [1.807, 2.05) is 0 Å². The average molecular weight is 185 g/mol. The van der Waals surface area contributed by atoms with E-state index >= 15 is 0 Å². The zero-order chi connectivity index (χ0) is 9.84. The minimum absolute atomic E-state index is 0.0278. The maximum absolute atomic E-state index is 11.3. The lowest BCUT2D eigenvalue weighted by Crippen LogP contribution is -2.40. The van der Waals surface area contributed by atoms with Crippen molar-refractivity contribution in [3.63, 3.8) is 0 Å². The van der Waals surface area contributed by atoms with Crippen molar-refractivity contribution >= 4 is 5.97 Å². The van der Waals surface area contributed by atoms with Crippen molar-refractivity contribution < 1.29 is 9.53 Å². The third-order valence-corrected chi connectivity index (χ3v) is 2.34. The number of carbonyl (C=O) groups excluding carboxylic acids is 1. The van der Waals surface area contributed by atoms with Gasteiger partial charge in [-0.25, -0.2) is 0 Å². The van der Waals surface area contributed by atoms with Gasteiger partial charge in [-0.05, 0) is 6.42 Å². The molecular formula is C10H19NO2. The van der Waals surface area contributed by atoms with Gasteiger partial charge in [-0.2, -0.15) is 0 Å². The smallest absolute Gasteiger partial charge is 0.310 e. The summed E-state index contributed by atoms with van der Waals surface area (Å²) >= 11 is 0. The van der Waals surface area contributed by atoms with Gasteiger partial charge in [-0.1, -0.05) is 27.2 Å². The molecule has 1 aliphatic rings. The fraction of sp³-hybridized carbons (Fsp3) is 0.900. The first-order chi connectivity index (χ1) is 6.15. The minimum atomic E-state index is -0.0278. The van der Waals surface area contributed by atoms with Crippen LogP contribution in [-0.2, 0) is 9.53 Å². The molecule has 3 nitrogen and oxygen atoms in total. The van der Waals surface area contributed by atoms with Crippen LogP contribution in [-0.4, -0.2) is 24.7 Å². The fourth-order valence-electron chi connectivity index (χ4n) is 1.78. The molecule has 1 saturated heterocycles. The number of carbonyl (C=O) groups is 1. The average Bonchev–Trinajstić information content (AvgIpc) is 2.35. The van der Waals surface area contributed by atoms with E-state index in [4.69, 9.17) is 4.74 Å². The monoisotopic (exact) mass is 185 g/mol. The van der Waals surface area contributed by atoms with Crippen molar-refractivity contribution in [3.8, 4) is 0 Å². The van der Waals surface area contributed by atoms with E-state index < -0.39 is 0 Å². The van der Waals surface area contributed by atoms with Crippen molar-refractivity contribution in [2.24, 2.45) is 5.92 Å². The second-order valence-corrected chi connectivity index (χ2v) is 3.95. The van der Waals surface area contributed by atoms with E-state index in [2.05, 4.69) is 26.1 Å². The highest BCUT2D eigenvalue weighted by Gasteiger charge is 2.35. The molecule has 0 saturated carbocycles. The largest absolute Gasteiger partial charge is 0.464 e. The predicted octanol–water partition coefficient (Wildman–Crippen LogP) is 1.33. The Morgan fingerprint density at radius 2 is 2.31 bits per heavy atom. The van der Waals surface area contributed by atoms with Gasteiger partial charge in [0, 0.05) is 6.04 Å². The van der Waals surface area contributed by atoms with Crippen LogP contribution in [0.3, 0.4) is 0 Å². The molecule has 0 amide bonds. The molecule has 1 N–H and O–H groups in total. The van der Waals surface area contributed by atoms with Crippen LogP contribution in [0.15, 0.2) is 0 Å². The minimum Gasteiger partial charge on any atom is -0.464 e. The normalized spacial score (nSPS) is 28.2. The van der Waals surface area contributed by atoms with Crippen LogP contribution in [0.2, 0.25) is 0 Å². The fourth-order valence-corrected chi connectivity index (χ4v) is 1.78. The van der Waals surface area contributed by atoms with Crippen molar-refractivity contribution in [2.75, 3.05) is 6.61 Å². The van der Waals surface area contributed by atoms with Crippen molar-refractivity contribution in [2.45, 2.75) is 45.7 Å². The summed E-state index contributed by atoms with van der Waals surface area (Å²) in [5.74, 6) is 0.0485. The highest BCUT2D eigenvalue weighted by Crippen LogP contribution is 2.20. The van der Waals surface area contributed by atoms with Crippen LogP contribution in [0.1, 0.15) is 33.6 Å². The van der Waals surface area contributed by atoms with Gasteiger partial charge >= 0.3 is 5.97 Å². The summed E-state index contributed by atoms with van der Waals surface area (Å²) in [6.45, 7) is 6.82. The summed E-state index contributed by atoms with van der Waals surface area (Å²) in [5, 5.41) is 3.36. The lowest BCUT2D eigenvalue weighted by atomic mass is 9.97. The summed E-state index contributed by atoms with van der Waals surface area (Å²) < 4.78 is 5.03. The summed E-state index contributed by atoms with van der Waals surface area (Å²) in [4.78, 5) is 11.3. The first kappa shape index (κ1) is 10.5. The maximum atomic E-state index is 11.3. The molecule has 0 unspecified atom stereocenters. The SMILES string of the molecule is CCC[C@H]1C(=O)OC[C@H]1NC(C)C. The Balaban J connectivity index is 2.48. The lowest BCUT2D eigenvalue weighted by Gasteiger charge is -2.18. The Morgan fingerprint density at radius 3 is 2.85 bits per heavy atom. The molecule has 1 rings (SSSR count). The van der Waals surface area contributed by atoms with Crippen LogP contribution < -0.4 is 5.32 Å². The highest BCUT2D eigenvalue weighted by molar-refractivity contribution is 5.75. The Morgan fingerprint density at radius 1 is 1.62 bits per heavy atom. The molecule has 1 aliphatic heterocycles. The summed E-state index contributed by atoms with van der Waals surface area (Å²) in [7, 11) is 0. The molecule has 0 aromatic heterocycles. The van der Waals surface area contributed by atoms with Crippen LogP contribution in [0.25, 0.3) is 0 Å². The Bertz CT molecular complexity index is 180. The zero-order valence-corrected chi connectivity index (χ0v) is 8.67. The third kappa shape index (κ3) is 2.69. The van der Waals surface area contributed by atoms with E-state index in [-0.39, 0.29) is 17.9 Å². The molecule has 0 aromatic rings. The van der Waals surface area contributed by atoms with Gasteiger partial charge in [0.25, 0.3) is 0 Å². The number of hydrogen-bond acceptors (Lipinski definition) is 3. The van der Waals surface area contributed by atoms with Gasteiger partial charge in [-0.3, -0.25) is 4.79 Å². The van der Waals surface area contributed by atoms with E-state index in [0.29, 0.717) is 12.6 Å². The summed E-state index contributed by atoms with van der Waals surface area (Å²) in [5.41, 5.74) is 0. The topological polar surface area (TPSA) is 38.3 Å². The van der Waals surface area contributed by atoms with Gasteiger partial charge in [0.2, 0.25) is 0 Å². The number of cyclic esters (lactones) is 1. The number of esters is 1. The van der Waals surface area contributed by atoms with E-state index in [9.17, 15) is 4.79 Å². The van der Waals surface area contributed by atoms with Crippen molar-refractivity contribution in [1.29, 1.82) is 0 Å². The van der Waals surface area contributed by atoms with Crippen LogP contribution in [0.4, 0.5) is 0 Å². The molecule has 3 heteroatoms. The van der Waals surface area contributed by atoms with Crippen molar-refractivity contribution in [3.05, 3.63) is 0 Å². The van der Waals surface area contributed by atoms with Crippen molar-refractivity contribution in [1.82, 2.24) is 5.32 Å². The molecule has 0 bridgehead atoms. The van der Waals surface area contributed by atoms with E-state index in [1.54, 1.807) is 0 Å². The molecule has 0 radical (unpaired) electrons. The molecule has 2 atom stereocenters. The maximum Gasteiger partial charge on any atom is 0.310 e. The van der Waals surface area contributed by atoms with E-state index in [1.165, 1.54) is 0 Å². The standard InChI is InChI=1S/C10H19NO2/c1-4-5-8-9(11-7(2)3)6-13-10(8)12/h7-9,11H,4-6H2,1-3H3/t8-,9-/m1/s1. The van der Waals surface area contributed by atoms with Crippen LogP contribution in [0.5, 0.6) is 0 Å². The summed E-state index contributed by atoms with van der Waals surface area (Å²) in [6.07, 6.45) is 1.97. The Labute approximate surface area is 79.8 Å². The van der Waals surface area contributed by atoms with Gasteiger partial charge in [-0.15, -0.1) is 0 Å². The molecule has 0 aromatic carbocycles. The second kappa shape index (κ2) is 4.61. The zero-order valence-electron chi connectivity index (χ0n) is 8.67. The lowest BCUT2D eigenvalue weighted by molar-refractivity contribution is -0.141. The van der Waals surface area contributed by atoms with Gasteiger partial charge in [0.15, 0.2) is 0 Å². The van der Waals surface area contributed by atoms with E-state index in [0.717, 1.165) is 12.8 Å². The van der Waals surface area contributed by atoms with Gasteiger partial charge in [0.05, 0.1) is 12.0 Å². The second-order valence-electron chi connectivity index (χ2n) is 3.95. The Hall–Kier alpha value is -0.570. The third-order valence-electron chi connectivity index (χ3n) is 2.34. The molecule has 76 valence electrons. The molecule has 13 heavy (non-hydrogen) atoms. The first-order valence-corrected chi connectivity index (χ1v) is 5.07. The predicted molar refractivity (Wildman–Crippen MR) is 51.4 cm³/mol. The van der Waals surface area contributed by atoms with Gasteiger partial charge < -0.3 is 10.1 Å². The molecule has 0 aliphatic carbocycles. The molecular weight excluding hydrogens is 166 g/mol. The Kier molecular flexibility index (Phi) is 3.72. The first-order valence-electron chi connectivity index (χ1n) is 5.07. The molecule has 1 fully saturated rings. The van der Waals surface area contributed by atoms with Gasteiger partial charge in [0.1, 0.15) is 6.61 Å². The number of ether oxygens (including phenoxy) is 1. The van der Waals surface area contributed by atoms with Crippen LogP contribution >= 0.6 is 0 Å². The highest BCUT2D eigenvalue weighted by atomic mass is 16.5. The summed E-state index contributed by atoms with van der Waals surface area (Å²) in [6, 6.07) is 0.645. The van der Waals surface area contributed by atoms with Crippen LogP contribution in [0, 0.1) is 5.92 Å². The quantitative estimate of drug-likeness (QED) is 0.671. The number of nitrogens with one attached hydrogen (secondary N) is 1. The number of hydrogen-bond donors (Lipinski definition) is 1. The molecule has 0 spiro atoms. The number of rotatable bonds is 4.